The molecule has 1 aromatic carbocycles. The van der Waals surface area contributed by atoms with Crippen LogP contribution < -0.4 is 5.32 Å². The van der Waals surface area contributed by atoms with Gasteiger partial charge < -0.3 is 5.32 Å². The molecule has 1 nitrogen and oxygen atoms in total. The number of hydrogen-bond acceptors (Lipinski definition) is 2. The van der Waals surface area contributed by atoms with E-state index in [0.29, 0.717) is 4.75 Å². The van der Waals surface area contributed by atoms with E-state index in [9.17, 15) is 4.39 Å². The van der Waals surface area contributed by atoms with Gasteiger partial charge >= 0.3 is 0 Å². The fourth-order valence-electron chi connectivity index (χ4n) is 3.18. The van der Waals surface area contributed by atoms with E-state index in [-0.39, 0.29) is 11.9 Å². The van der Waals surface area contributed by atoms with Gasteiger partial charge in [-0.3, -0.25) is 0 Å². The fourth-order valence-corrected chi connectivity index (χ4v) is 4.10. The normalized spacial score (nSPS) is 19.8. The maximum atomic E-state index is 13.4. The molecule has 1 N–H and O–H groups in total. The summed E-state index contributed by atoms with van der Waals surface area (Å²) in [6, 6.07) is 7.27. The number of benzene rings is 1. The summed E-state index contributed by atoms with van der Waals surface area (Å²) in [5, 5.41) is 3.69. The van der Waals surface area contributed by atoms with Crippen LogP contribution in [0.5, 0.6) is 0 Å². The molecule has 0 amide bonds. The first-order valence-corrected chi connectivity index (χ1v) is 8.95. The standard InChI is InChI=1S/C17H26FNS/c1-3-16(14-8-7-9-15(18)12-14)19-13-17(20-2)10-5-4-6-11-17/h7-9,12,16,19H,3-6,10-11,13H2,1-2H3. The summed E-state index contributed by atoms with van der Waals surface area (Å²) in [6.07, 6.45) is 9.91. The minimum atomic E-state index is -0.139. The summed E-state index contributed by atoms with van der Waals surface area (Å²) in [6.45, 7) is 3.19. The first-order chi connectivity index (χ1) is 9.69. The predicted octanol–water partition coefficient (Wildman–Crippen LogP) is 4.93. The molecule has 112 valence electrons. The van der Waals surface area contributed by atoms with Crippen molar-refractivity contribution in [1.29, 1.82) is 0 Å². The number of rotatable bonds is 6. The first-order valence-electron chi connectivity index (χ1n) is 7.73. The van der Waals surface area contributed by atoms with Crippen molar-refractivity contribution in [2.75, 3.05) is 12.8 Å². The molecule has 0 saturated heterocycles. The number of nitrogens with one attached hydrogen (secondary N) is 1. The van der Waals surface area contributed by atoms with Gasteiger partial charge in [0.25, 0.3) is 0 Å². The topological polar surface area (TPSA) is 12.0 Å². The van der Waals surface area contributed by atoms with Gasteiger partial charge in [-0.25, -0.2) is 4.39 Å². The van der Waals surface area contributed by atoms with Gasteiger partial charge in [-0.2, -0.15) is 11.8 Å². The van der Waals surface area contributed by atoms with Crippen LogP contribution in [0.4, 0.5) is 4.39 Å². The van der Waals surface area contributed by atoms with Crippen LogP contribution in [0, 0.1) is 5.82 Å². The van der Waals surface area contributed by atoms with Crippen molar-refractivity contribution in [3.05, 3.63) is 35.6 Å². The van der Waals surface area contributed by atoms with Crippen LogP contribution in [0.1, 0.15) is 57.1 Å². The van der Waals surface area contributed by atoms with Gasteiger partial charge in [0.2, 0.25) is 0 Å². The van der Waals surface area contributed by atoms with Crippen molar-refractivity contribution in [1.82, 2.24) is 5.32 Å². The molecule has 0 aliphatic heterocycles. The van der Waals surface area contributed by atoms with Crippen molar-refractivity contribution in [3.63, 3.8) is 0 Å². The van der Waals surface area contributed by atoms with Crippen LogP contribution in [-0.4, -0.2) is 17.5 Å². The van der Waals surface area contributed by atoms with E-state index in [4.69, 9.17) is 0 Å². The molecule has 0 bridgehead atoms. The molecule has 20 heavy (non-hydrogen) atoms. The summed E-state index contributed by atoms with van der Waals surface area (Å²) in [5.74, 6) is -0.139. The Kier molecular flexibility index (Phi) is 5.91. The Hall–Kier alpha value is -0.540. The van der Waals surface area contributed by atoms with Crippen molar-refractivity contribution < 1.29 is 4.39 Å². The zero-order valence-electron chi connectivity index (χ0n) is 12.6. The highest BCUT2D eigenvalue weighted by Crippen LogP contribution is 2.38. The van der Waals surface area contributed by atoms with Crippen molar-refractivity contribution in [2.45, 2.75) is 56.2 Å². The van der Waals surface area contributed by atoms with Crippen molar-refractivity contribution in [3.8, 4) is 0 Å². The van der Waals surface area contributed by atoms with Crippen LogP contribution in [-0.2, 0) is 0 Å². The third-order valence-corrected chi connectivity index (χ3v) is 5.95. The van der Waals surface area contributed by atoms with E-state index < -0.39 is 0 Å². The molecule has 1 saturated carbocycles. The first kappa shape index (κ1) is 15.8. The minimum absolute atomic E-state index is 0.139. The quantitative estimate of drug-likeness (QED) is 0.798. The highest BCUT2D eigenvalue weighted by atomic mass is 32.2. The molecular formula is C17H26FNS. The molecule has 1 aromatic rings. The minimum Gasteiger partial charge on any atom is -0.309 e. The van der Waals surface area contributed by atoms with E-state index in [2.05, 4.69) is 18.5 Å². The average Bonchev–Trinajstić information content (AvgIpc) is 2.49. The van der Waals surface area contributed by atoms with E-state index >= 15 is 0 Å². The second-order valence-electron chi connectivity index (χ2n) is 5.84. The van der Waals surface area contributed by atoms with Gasteiger partial charge in [-0.05, 0) is 43.2 Å². The Bertz CT molecular complexity index is 415. The molecule has 1 fully saturated rings. The molecule has 0 radical (unpaired) electrons. The van der Waals surface area contributed by atoms with E-state index in [1.54, 1.807) is 12.1 Å². The molecule has 0 spiro atoms. The van der Waals surface area contributed by atoms with E-state index in [1.165, 1.54) is 38.2 Å². The van der Waals surface area contributed by atoms with Gasteiger partial charge in [0, 0.05) is 17.3 Å². The van der Waals surface area contributed by atoms with Crippen LogP contribution in [0.15, 0.2) is 24.3 Å². The molecule has 0 heterocycles. The maximum Gasteiger partial charge on any atom is 0.123 e. The Morgan fingerprint density at radius 2 is 2.05 bits per heavy atom. The van der Waals surface area contributed by atoms with Crippen LogP contribution >= 0.6 is 11.8 Å². The smallest absolute Gasteiger partial charge is 0.123 e. The number of hydrogen-bond donors (Lipinski definition) is 1. The Labute approximate surface area is 126 Å². The van der Waals surface area contributed by atoms with Gasteiger partial charge in [0.05, 0.1) is 0 Å². The van der Waals surface area contributed by atoms with Gasteiger partial charge in [0.15, 0.2) is 0 Å². The van der Waals surface area contributed by atoms with Gasteiger partial charge in [-0.15, -0.1) is 0 Å². The summed E-state index contributed by atoms with van der Waals surface area (Å²) in [7, 11) is 0. The van der Waals surface area contributed by atoms with E-state index in [0.717, 1.165) is 18.5 Å². The maximum absolute atomic E-state index is 13.4. The Morgan fingerprint density at radius 1 is 1.30 bits per heavy atom. The lowest BCUT2D eigenvalue weighted by molar-refractivity contribution is 0.360. The fraction of sp³-hybridized carbons (Fsp3) is 0.647. The monoisotopic (exact) mass is 295 g/mol. The Balaban J connectivity index is 1.99. The van der Waals surface area contributed by atoms with E-state index in [1.807, 2.05) is 17.8 Å². The molecule has 1 aliphatic carbocycles. The third-order valence-electron chi connectivity index (χ3n) is 4.53. The molecule has 0 aromatic heterocycles. The SMILES string of the molecule is CCC(NCC1(SC)CCCCC1)c1cccc(F)c1. The molecule has 1 unspecified atom stereocenters. The second kappa shape index (κ2) is 7.46. The molecular weight excluding hydrogens is 269 g/mol. The zero-order chi connectivity index (χ0) is 14.4. The lowest BCUT2D eigenvalue weighted by Gasteiger charge is -2.37. The highest BCUT2D eigenvalue weighted by molar-refractivity contribution is 8.00. The number of thioether (sulfide) groups is 1. The van der Waals surface area contributed by atoms with Crippen LogP contribution in [0.2, 0.25) is 0 Å². The summed E-state index contributed by atoms with van der Waals surface area (Å²) in [5.41, 5.74) is 1.07. The zero-order valence-corrected chi connectivity index (χ0v) is 13.4. The summed E-state index contributed by atoms with van der Waals surface area (Å²) < 4.78 is 13.8. The third kappa shape index (κ3) is 3.98. The van der Waals surface area contributed by atoms with Crippen LogP contribution in [0.3, 0.4) is 0 Å². The second-order valence-corrected chi connectivity index (χ2v) is 7.12. The molecule has 1 atom stereocenters. The molecule has 3 heteroatoms. The van der Waals surface area contributed by atoms with Gasteiger partial charge in [0.1, 0.15) is 5.82 Å². The Morgan fingerprint density at radius 3 is 2.65 bits per heavy atom. The number of halogens is 1. The lowest BCUT2D eigenvalue weighted by Crippen LogP contribution is -2.40. The van der Waals surface area contributed by atoms with Gasteiger partial charge in [-0.1, -0.05) is 38.3 Å². The van der Waals surface area contributed by atoms with Crippen molar-refractivity contribution in [2.24, 2.45) is 0 Å². The molecule has 1 aliphatic rings. The largest absolute Gasteiger partial charge is 0.309 e. The van der Waals surface area contributed by atoms with Crippen molar-refractivity contribution >= 4 is 11.8 Å². The average molecular weight is 295 g/mol. The molecule has 2 rings (SSSR count). The van der Waals surface area contributed by atoms with Crippen LogP contribution in [0.25, 0.3) is 0 Å². The predicted molar refractivity (Wildman–Crippen MR) is 86.8 cm³/mol. The lowest BCUT2D eigenvalue weighted by atomic mass is 9.87. The summed E-state index contributed by atoms with van der Waals surface area (Å²) >= 11 is 2.01. The summed E-state index contributed by atoms with van der Waals surface area (Å²) in [4.78, 5) is 0. The highest BCUT2D eigenvalue weighted by Gasteiger charge is 2.31.